The molecule has 1 N–H and O–H groups in total. The SMILES string of the molecule is O=C(COc1ccc2c(=O)c(-c3ccc(Cl)cc3Cl)coc2c1)Nc1ccccc1. The van der Waals surface area contributed by atoms with Crippen molar-refractivity contribution in [2.24, 2.45) is 0 Å². The summed E-state index contributed by atoms with van der Waals surface area (Å²) in [5, 5.41) is 3.95. The highest BCUT2D eigenvalue weighted by Crippen LogP contribution is 2.30. The number of para-hydroxylation sites is 1. The lowest BCUT2D eigenvalue weighted by Crippen LogP contribution is -2.20. The van der Waals surface area contributed by atoms with Gasteiger partial charge in [0.1, 0.15) is 17.6 Å². The number of carbonyl (C=O) groups excluding carboxylic acids is 1. The molecule has 7 heteroatoms. The van der Waals surface area contributed by atoms with Crippen LogP contribution in [0.3, 0.4) is 0 Å². The van der Waals surface area contributed by atoms with E-state index in [0.717, 1.165) is 0 Å². The lowest BCUT2D eigenvalue weighted by atomic mass is 10.1. The van der Waals surface area contributed by atoms with Crippen molar-refractivity contribution in [3.8, 4) is 16.9 Å². The molecule has 0 saturated heterocycles. The van der Waals surface area contributed by atoms with E-state index in [-0.39, 0.29) is 17.9 Å². The lowest BCUT2D eigenvalue weighted by Gasteiger charge is -2.09. The molecular formula is C23H15Cl2NO4. The average molecular weight is 440 g/mol. The Morgan fingerprint density at radius 1 is 0.967 bits per heavy atom. The molecule has 0 aliphatic carbocycles. The van der Waals surface area contributed by atoms with Gasteiger partial charge in [0.25, 0.3) is 5.91 Å². The van der Waals surface area contributed by atoms with E-state index in [9.17, 15) is 9.59 Å². The second-order valence-corrected chi connectivity index (χ2v) is 7.31. The molecule has 0 saturated carbocycles. The Balaban J connectivity index is 1.53. The first kappa shape index (κ1) is 20.0. The fourth-order valence-electron chi connectivity index (χ4n) is 2.96. The van der Waals surface area contributed by atoms with Gasteiger partial charge in [0, 0.05) is 22.3 Å². The summed E-state index contributed by atoms with van der Waals surface area (Å²) in [4.78, 5) is 24.9. The van der Waals surface area contributed by atoms with Gasteiger partial charge in [-0.3, -0.25) is 9.59 Å². The van der Waals surface area contributed by atoms with E-state index in [1.54, 1.807) is 48.5 Å². The quantitative estimate of drug-likeness (QED) is 0.427. The summed E-state index contributed by atoms with van der Waals surface area (Å²) in [6.07, 6.45) is 1.35. The first-order valence-electron chi connectivity index (χ1n) is 9.00. The van der Waals surface area contributed by atoms with Gasteiger partial charge in [-0.25, -0.2) is 0 Å². The van der Waals surface area contributed by atoms with Crippen molar-refractivity contribution in [1.82, 2.24) is 0 Å². The van der Waals surface area contributed by atoms with Crippen LogP contribution in [0, 0.1) is 0 Å². The van der Waals surface area contributed by atoms with Crippen LogP contribution < -0.4 is 15.5 Å². The highest BCUT2D eigenvalue weighted by molar-refractivity contribution is 6.36. The van der Waals surface area contributed by atoms with Crippen LogP contribution in [0.2, 0.25) is 10.0 Å². The molecule has 0 spiro atoms. The van der Waals surface area contributed by atoms with Crippen LogP contribution in [0.4, 0.5) is 5.69 Å². The standard InChI is InChI=1S/C23H15Cl2NO4/c24-14-6-8-17(20(25)10-14)19-12-30-21-11-16(7-9-18(21)23(19)28)29-13-22(27)26-15-4-2-1-3-5-15/h1-12H,13H2,(H,26,27). The minimum Gasteiger partial charge on any atom is -0.484 e. The van der Waals surface area contributed by atoms with E-state index in [1.807, 2.05) is 18.2 Å². The Morgan fingerprint density at radius 3 is 2.53 bits per heavy atom. The Hall–Kier alpha value is -3.28. The fraction of sp³-hybridized carbons (Fsp3) is 0.0435. The van der Waals surface area contributed by atoms with Crippen LogP contribution in [0.25, 0.3) is 22.1 Å². The second-order valence-electron chi connectivity index (χ2n) is 6.46. The first-order valence-corrected chi connectivity index (χ1v) is 9.75. The third-order valence-electron chi connectivity index (χ3n) is 4.39. The van der Waals surface area contributed by atoms with Crippen LogP contribution in [0.15, 0.2) is 82.2 Å². The Kier molecular flexibility index (Phi) is 5.74. The molecule has 0 unspecified atom stereocenters. The van der Waals surface area contributed by atoms with Gasteiger partial charge in [-0.2, -0.15) is 0 Å². The molecule has 5 nitrogen and oxygen atoms in total. The second kappa shape index (κ2) is 8.61. The van der Waals surface area contributed by atoms with Gasteiger partial charge in [-0.1, -0.05) is 47.5 Å². The van der Waals surface area contributed by atoms with Gasteiger partial charge in [-0.15, -0.1) is 0 Å². The number of anilines is 1. The van der Waals surface area contributed by atoms with Crippen molar-refractivity contribution in [3.05, 3.63) is 93.3 Å². The van der Waals surface area contributed by atoms with Gasteiger partial charge >= 0.3 is 0 Å². The predicted molar refractivity (Wildman–Crippen MR) is 119 cm³/mol. The Bertz CT molecular complexity index is 1290. The molecule has 0 radical (unpaired) electrons. The number of carbonyl (C=O) groups is 1. The summed E-state index contributed by atoms with van der Waals surface area (Å²) in [5.41, 5.74) is 1.67. The molecule has 1 aromatic heterocycles. The number of fused-ring (bicyclic) bond motifs is 1. The maximum absolute atomic E-state index is 12.9. The number of amides is 1. The normalized spacial score (nSPS) is 10.7. The summed E-state index contributed by atoms with van der Waals surface area (Å²) in [7, 11) is 0. The highest BCUT2D eigenvalue weighted by atomic mass is 35.5. The maximum atomic E-state index is 12.9. The van der Waals surface area contributed by atoms with Gasteiger partial charge in [0.15, 0.2) is 6.61 Å². The molecule has 0 aliphatic heterocycles. The van der Waals surface area contributed by atoms with E-state index >= 15 is 0 Å². The zero-order valence-electron chi connectivity index (χ0n) is 15.5. The van der Waals surface area contributed by atoms with E-state index < -0.39 is 0 Å². The molecule has 1 heterocycles. The predicted octanol–water partition coefficient (Wildman–Crippen LogP) is 5.78. The molecule has 3 aromatic carbocycles. The maximum Gasteiger partial charge on any atom is 0.262 e. The summed E-state index contributed by atoms with van der Waals surface area (Å²) >= 11 is 12.1. The minimum atomic E-state index is -0.296. The number of benzene rings is 3. The summed E-state index contributed by atoms with van der Waals surface area (Å²) < 4.78 is 11.2. The summed E-state index contributed by atoms with van der Waals surface area (Å²) in [6, 6.07) is 18.8. The van der Waals surface area contributed by atoms with Crippen molar-refractivity contribution in [2.75, 3.05) is 11.9 Å². The number of ether oxygens (including phenoxy) is 1. The van der Waals surface area contributed by atoms with Gasteiger partial charge in [0.2, 0.25) is 5.43 Å². The minimum absolute atomic E-state index is 0.177. The third-order valence-corrected chi connectivity index (χ3v) is 4.94. The molecule has 0 aliphatic rings. The van der Waals surface area contributed by atoms with E-state index in [1.165, 1.54) is 6.26 Å². The van der Waals surface area contributed by atoms with Crippen LogP contribution in [0.1, 0.15) is 0 Å². The zero-order chi connectivity index (χ0) is 21.1. The molecule has 0 bridgehead atoms. The molecule has 1 amide bonds. The molecule has 150 valence electrons. The fourth-order valence-corrected chi connectivity index (χ4v) is 3.47. The van der Waals surface area contributed by atoms with Crippen LogP contribution in [0.5, 0.6) is 5.75 Å². The smallest absolute Gasteiger partial charge is 0.262 e. The molecule has 30 heavy (non-hydrogen) atoms. The number of hydrogen-bond acceptors (Lipinski definition) is 4. The lowest BCUT2D eigenvalue weighted by molar-refractivity contribution is -0.118. The number of nitrogens with one attached hydrogen (secondary N) is 1. The van der Waals surface area contributed by atoms with Gasteiger partial charge < -0.3 is 14.5 Å². The monoisotopic (exact) mass is 439 g/mol. The average Bonchev–Trinajstić information content (AvgIpc) is 2.74. The van der Waals surface area contributed by atoms with Crippen LogP contribution >= 0.6 is 23.2 Å². The Labute approximate surface area is 181 Å². The van der Waals surface area contributed by atoms with Crippen molar-refractivity contribution in [1.29, 1.82) is 0 Å². The van der Waals surface area contributed by atoms with Crippen molar-refractivity contribution >= 4 is 45.8 Å². The van der Waals surface area contributed by atoms with Gasteiger partial charge in [-0.05, 0) is 36.4 Å². The van der Waals surface area contributed by atoms with Crippen LogP contribution in [-0.4, -0.2) is 12.5 Å². The molecule has 4 rings (SSSR count). The summed E-state index contributed by atoms with van der Waals surface area (Å²) in [6.45, 7) is -0.177. The molecule has 4 aromatic rings. The number of rotatable bonds is 5. The topological polar surface area (TPSA) is 68.5 Å². The molecular weight excluding hydrogens is 425 g/mol. The highest BCUT2D eigenvalue weighted by Gasteiger charge is 2.13. The van der Waals surface area contributed by atoms with Crippen molar-refractivity contribution in [3.63, 3.8) is 0 Å². The summed E-state index contributed by atoms with van der Waals surface area (Å²) in [5.74, 6) is 0.113. The Morgan fingerprint density at radius 2 is 1.77 bits per heavy atom. The van der Waals surface area contributed by atoms with E-state index in [0.29, 0.717) is 43.6 Å². The van der Waals surface area contributed by atoms with Gasteiger partial charge in [0.05, 0.1) is 16.0 Å². The zero-order valence-corrected chi connectivity index (χ0v) is 17.0. The number of hydrogen-bond donors (Lipinski definition) is 1. The van der Waals surface area contributed by atoms with Crippen molar-refractivity contribution < 1.29 is 13.9 Å². The first-order chi connectivity index (χ1) is 14.5. The molecule has 0 fully saturated rings. The largest absolute Gasteiger partial charge is 0.484 e. The third kappa shape index (κ3) is 4.32. The van der Waals surface area contributed by atoms with E-state index in [4.69, 9.17) is 32.4 Å². The number of halogens is 2. The van der Waals surface area contributed by atoms with Crippen LogP contribution in [-0.2, 0) is 4.79 Å². The van der Waals surface area contributed by atoms with E-state index in [2.05, 4.69) is 5.32 Å². The van der Waals surface area contributed by atoms with Crippen molar-refractivity contribution in [2.45, 2.75) is 0 Å². The molecule has 0 atom stereocenters.